The van der Waals surface area contributed by atoms with Gasteiger partial charge in [-0.1, -0.05) is 18.2 Å². The van der Waals surface area contributed by atoms with Crippen LogP contribution < -0.4 is 5.32 Å². The van der Waals surface area contributed by atoms with Crippen molar-refractivity contribution in [1.82, 2.24) is 15.1 Å². The highest BCUT2D eigenvalue weighted by atomic mass is 16.2. The minimum Gasteiger partial charge on any atom is -0.342 e. The van der Waals surface area contributed by atoms with E-state index in [0.717, 1.165) is 57.8 Å². The highest BCUT2D eigenvalue weighted by Crippen LogP contribution is 2.25. The highest BCUT2D eigenvalue weighted by Gasteiger charge is 2.33. The average molecular weight is 357 g/mol. The number of nitrogens with zero attached hydrogens (tertiary/aromatic N) is 2. The van der Waals surface area contributed by atoms with E-state index in [-0.39, 0.29) is 17.7 Å². The molecule has 0 aliphatic carbocycles. The standard InChI is InChI=1S/C21H31N3O2/c1-22-12-9-17-10-14-23(15-11-17)21(26)19-8-5-13-24(16-19)20(25)18-6-3-2-4-7-18/h2-4,6-7,17,19,22H,5,8-16H2,1H3. The molecule has 2 amide bonds. The molecule has 3 rings (SSSR count). The van der Waals surface area contributed by atoms with Crippen LogP contribution in [0.15, 0.2) is 30.3 Å². The summed E-state index contributed by atoms with van der Waals surface area (Å²) in [5, 5.41) is 3.21. The minimum atomic E-state index is -0.0368. The summed E-state index contributed by atoms with van der Waals surface area (Å²) in [4.78, 5) is 29.5. The number of carbonyl (C=O) groups is 2. The summed E-state index contributed by atoms with van der Waals surface area (Å²) >= 11 is 0. The number of carbonyl (C=O) groups excluding carboxylic acids is 2. The average Bonchev–Trinajstić information content (AvgIpc) is 2.72. The fourth-order valence-electron chi connectivity index (χ4n) is 4.18. The molecule has 5 heteroatoms. The van der Waals surface area contributed by atoms with E-state index in [2.05, 4.69) is 5.32 Å². The molecule has 1 aromatic carbocycles. The molecule has 0 spiro atoms. The van der Waals surface area contributed by atoms with Crippen LogP contribution in [0.25, 0.3) is 0 Å². The first kappa shape index (κ1) is 18.9. The number of likely N-dealkylation sites (tertiary alicyclic amines) is 2. The molecule has 1 atom stereocenters. The van der Waals surface area contributed by atoms with Crippen molar-refractivity contribution < 1.29 is 9.59 Å². The summed E-state index contributed by atoms with van der Waals surface area (Å²) in [5.41, 5.74) is 0.714. The van der Waals surface area contributed by atoms with Gasteiger partial charge in [0, 0.05) is 31.7 Å². The van der Waals surface area contributed by atoms with Crippen LogP contribution in [-0.4, -0.2) is 61.4 Å². The lowest BCUT2D eigenvalue weighted by Crippen LogP contribution is -2.48. The molecule has 0 radical (unpaired) electrons. The fourth-order valence-corrected chi connectivity index (χ4v) is 4.18. The Bertz CT molecular complexity index is 597. The number of hydrogen-bond acceptors (Lipinski definition) is 3. The van der Waals surface area contributed by atoms with Crippen LogP contribution in [-0.2, 0) is 4.79 Å². The fraction of sp³-hybridized carbons (Fsp3) is 0.619. The summed E-state index contributed by atoms with van der Waals surface area (Å²) in [5.74, 6) is 0.996. The Kier molecular flexibility index (Phi) is 6.67. The van der Waals surface area contributed by atoms with Crippen molar-refractivity contribution >= 4 is 11.8 Å². The summed E-state index contributed by atoms with van der Waals surface area (Å²) in [6.45, 7) is 4.11. The van der Waals surface area contributed by atoms with Gasteiger partial charge >= 0.3 is 0 Å². The van der Waals surface area contributed by atoms with Gasteiger partial charge in [-0.2, -0.15) is 0 Å². The first-order chi connectivity index (χ1) is 12.7. The molecule has 2 saturated heterocycles. The Balaban J connectivity index is 1.53. The lowest BCUT2D eigenvalue weighted by molar-refractivity contribution is -0.138. The van der Waals surface area contributed by atoms with E-state index >= 15 is 0 Å². The predicted octanol–water partition coefficient (Wildman–Crippen LogP) is 2.39. The van der Waals surface area contributed by atoms with Crippen LogP contribution >= 0.6 is 0 Å². The Morgan fingerprint density at radius 2 is 1.77 bits per heavy atom. The molecule has 2 aliphatic heterocycles. The van der Waals surface area contributed by atoms with E-state index in [1.54, 1.807) is 0 Å². The summed E-state index contributed by atoms with van der Waals surface area (Å²) in [6.07, 6.45) is 5.21. The molecule has 1 unspecified atom stereocenters. The molecule has 0 aromatic heterocycles. The second-order valence-electron chi connectivity index (χ2n) is 7.62. The van der Waals surface area contributed by atoms with Gasteiger partial charge in [0.2, 0.25) is 5.91 Å². The smallest absolute Gasteiger partial charge is 0.253 e. The highest BCUT2D eigenvalue weighted by molar-refractivity contribution is 5.94. The third kappa shape index (κ3) is 4.64. The van der Waals surface area contributed by atoms with Gasteiger partial charge < -0.3 is 15.1 Å². The lowest BCUT2D eigenvalue weighted by Gasteiger charge is -2.38. The summed E-state index contributed by atoms with van der Waals surface area (Å²) < 4.78 is 0. The molecule has 26 heavy (non-hydrogen) atoms. The van der Waals surface area contributed by atoms with Crippen molar-refractivity contribution in [3.05, 3.63) is 35.9 Å². The van der Waals surface area contributed by atoms with Gasteiger partial charge in [0.25, 0.3) is 5.91 Å². The zero-order chi connectivity index (χ0) is 18.4. The van der Waals surface area contributed by atoms with Gasteiger partial charge in [0.1, 0.15) is 0 Å². The van der Waals surface area contributed by atoms with Crippen molar-refractivity contribution in [3.63, 3.8) is 0 Å². The number of nitrogens with one attached hydrogen (secondary N) is 1. The molecular weight excluding hydrogens is 326 g/mol. The van der Waals surface area contributed by atoms with E-state index in [4.69, 9.17) is 0 Å². The predicted molar refractivity (Wildman–Crippen MR) is 103 cm³/mol. The number of amides is 2. The Labute approximate surface area is 156 Å². The minimum absolute atomic E-state index is 0.0368. The Morgan fingerprint density at radius 3 is 2.46 bits per heavy atom. The van der Waals surface area contributed by atoms with Gasteiger partial charge in [0.15, 0.2) is 0 Å². The third-order valence-corrected chi connectivity index (χ3v) is 5.81. The molecule has 1 N–H and O–H groups in total. The number of benzene rings is 1. The van der Waals surface area contributed by atoms with Crippen molar-refractivity contribution in [2.75, 3.05) is 39.8 Å². The van der Waals surface area contributed by atoms with Crippen molar-refractivity contribution in [3.8, 4) is 0 Å². The SMILES string of the molecule is CNCCC1CCN(C(=O)C2CCCN(C(=O)c3ccccc3)C2)CC1. The van der Waals surface area contributed by atoms with Crippen LogP contribution in [0.4, 0.5) is 0 Å². The molecule has 5 nitrogen and oxygen atoms in total. The topological polar surface area (TPSA) is 52.7 Å². The third-order valence-electron chi connectivity index (χ3n) is 5.81. The van der Waals surface area contributed by atoms with Crippen LogP contribution in [0.2, 0.25) is 0 Å². The van der Waals surface area contributed by atoms with Crippen molar-refractivity contribution in [1.29, 1.82) is 0 Å². The molecule has 0 saturated carbocycles. The molecule has 2 fully saturated rings. The molecule has 1 aromatic rings. The van der Waals surface area contributed by atoms with Gasteiger partial charge in [-0.3, -0.25) is 9.59 Å². The molecule has 142 valence electrons. The monoisotopic (exact) mass is 357 g/mol. The van der Waals surface area contributed by atoms with Crippen LogP contribution in [0.3, 0.4) is 0 Å². The van der Waals surface area contributed by atoms with Crippen molar-refractivity contribution in [2.24, 2.45) is 11.8 Å². The maximum Gasteiger partial charge on any atom is 0.253 e. The van der Waals surface area contributed by atoms with E-state index in [1.807, 2.05) is 47.2 Å². The quantitative estimate of drug-likeness (QED) is 0.880. The molecule has 0 bridgehead atoms. The second-order valence-corrected chi connectivity index (χ2v) is 7.62. The Hall–Kier alpha value is -1.88. The van der Waals surface area contributed by atoms with Gasteiger partial charge in [-0.15, -0.1) is 0 Å². The lowest BCUT2D eigenvalue weighted by atomic mass is 9.91. The van der Waals surface area contributed by atoms with E-state index in [9.17, 15) is 9.59 Å². The second kappa shape index (κ2) is 9.17. The number of rotatable bonds is 5. The maximum absolute atomic E-state index is 13.0. The first-order valence-corrected chi connectivity index (χ1v) is 9.96. The summed E-state index contributed by atoms with van der Waals surface area (Å²) in [7, 11) is 1.99. The van der Waals surface area contributed by atoms with Gasteiger partial charge in [0.05, 0.1) is 5.92 Å². The molecule has 2 aliphatic rings. The number of hydrogen-bond donors (Lipinski definition) is 1. The van der Waals surface area contributed by atoms with Crippen LogP contribution in [0.1, 0.15) is 42.5 Å². The van der Waals surface area contributed by atoms with E-state index in [1.165, 1.54) is 6.42 Å². The van der Waals surface area contributed by atoms with Gasteiger partial charge in [-0.25, -0.2) is 0 Å². The van der Waals surface area contributed by atoms with Crippen LogP contribution in [0.5, 0.6) is 0 Å². The van der Waals surface area contributed by atoms with Crippen LogP contribution in [0, 0.1) is 11.8 Å². The first-order valence-electron chi connectivity index (χ1n) is 9.96. The van der Waals surface area contributed by atoms with E-state index < -0.39 is 0 Å². The number of piperidine rings is 2. The Morgan fingerprint density at radius 1 is 1.04 bits per heavy atom. The largest absolute Gasteiger partial charge is 0.342 e. The normalized spacial score (nSPS) is 21.7. The van der Waals surface area contributed by atoms with Crippen molar-refractivity contribution in [2.45, 2.75) is 32.1 Å². The summed E-state index contributed by atoms with van der Waals surface area (Å²) in [6, 6.07) is 9.39. The van der Waals surface area contributed by atoms with Gasteiger partial charge in [-0.05, 0) is 63.7 Å². The zero-order valence-corrected chi connectivity index (χ0v) is 15.8. The zero-order valence-electron chi connectivity index (χ0n) is 15.8. The van der Waals surface area contributed by atoms with E-state index in [0.29, 0.717) is 12.1 Å². The molecular formula is C21H31N3O2. The maximum atomic E-state index is 13.0. The molecule has 2 heterocycles.